The van der Waals surface area contributed by atoms with Gasteiger partial charge in [-0.15, -0.1) is 0 Å². The molecule has 0 saturated carbocycles. The molecule has 1 aliphatic heterocycles. The second kappa shape index (κ2) is 8.60. The van der Waals surface area contributed by atoms with Crippen LogP contribution in [-0.2, 0) is 14.3 Å². The number of ether oxygens (including phenoxy) is 2. The molecule has 0 radical (unpaired) electrons. The number of amides is 2. The fourth-order valence-corrected chi connectivity index (χ4v) is 2.16. The lowest BCUT2D eigenvalue weighted by atomic mass is 10.2. The zero-order valence-electron chi connectivity index (χ0n) is 12.1. The fraction of sp³-hybridized carbons (Fsp3) is 0.467. The molecule has 22 heavy (non-hydrogen) atoms. The molecule has 1 aromatic rings. The van der Waals surface area contributed by atoms with Gasteiger partial charge in [-0.25, -0.2) is 0 Å². The predicted molar refractivity (Wildman–Crippen MR) is 81.9 cm³/mol. The van der Waals surface area contributed by atoms with E-state index in [9.17, 15) is 9.59 Å². The van der Waals surface area contributed by atoms with Crippen molar-refractivity contribution in [3.8, 4) is 5.75 Å². The van der Waals surface area contributed by atoms with Crippen LogP contribution in [0.2, 0.25) is 5.02 Å². The molecule has 1 heterocycles. The maximum Gasteiger partial charge on any atom is 0.309 e. The second-order valence-electron chi connectivity index (χ2n) is 4.90. The summed E-state index contributed by atoms with van der Waals surface area (Å²) in [6.45, 7) is 1.60. The number of hydrogen-bond donors (Lipinski definition) is 2. The minimum Gasteiger partial charge on any atom is -0.492 e. The molecule has 0 aliphatic carbocycles. The maximum absolute atomic E-state index is 11.6. The van der Waals surface area contributed by atoms with E-state index < -0.39 is 11.8 Å². The Kier molecular flexibility index (Phi) is 6.48. The van der Waals surface area contributed by atoms with E-state index in [1.54, 1.807) is 24.3 Å². The lowest BCUT2D eigenvalue weighted by Gasteiger charge is -2.11. The van der Waals surface area contributed by atoms with Crippen molar-refractivity contribution in [2.24, 2.45) is 0 Å². The first-order valence-corrected chi connectivity index (χ1v) is 7.59. The predicted octanol–water partition coefficient (Wildman–Crippen LogP) is 1.13. The summed E-state index contributed by atoms with van der Waals surface area (Å²) in [6, 6.07) is 6.90. The topological polar surface area (TPSA) is 76.7 Å². The average molecular weight is 327 g/mol. The first kappa shape index (κ1) is 16.6. The van der Waals surface area contributed by atoms with Crippen LogP contribution in [0.3, 0.4) is 0 Å². The van der Waals surface area contributed by atoms with Gasteiger partial charge in [-0.05, 0) is 37.1 Å². The smallest absolute Gasteiger partial charge is 0.309 e. The van der Waals surface area contributed by atoms with E-state index in [0.717, 1.165) is 19.4 Å². The van der Waals surface area contributed by atoms with Crippen LogP contribution in [0.4, 0.5) is 0 Å². The highest BCUT2D eigenvalue weighted by Gasteiger charge is 2.18. The Bertz CT molecular complexity index is 501. The van der Waals surface area contributed by atoms with Gasteiger partial charge in [-0.2, -0.15) is 0 Å². The van der Waals surface area contributed by atoms with Crippen LogP contribution in [-0.4, -0.2) is 44.2 Å². The molecule has 0 aromatic heterocycles. The van der Waals surface area contributed by atoms with E-state index in [1.807, 2.05) is 0 Å². The van der Waals surface area contributed by atoms with Gasteiger partial charge < -0.3 is 20.1 Å². The molecule has 1 fully saturated rings. The van der Waals surface area contributed by atoms with Crippen molar-refractivity contribution >= 4 is 23.4 Å². The van der Waals surface area contributed by atoms with E-state index in [1.165, 1.54) is 0 Å². The molecule has 1 aromatic carbocycles. The van der Waals surface area contributed by atoms with Gasteiger partial charge >= 0.3 is 11.8 Å². The highest BCUT2D eigenvalue weighted by Crippen LogP contribution is 2.15. The summed E-state index contributed by atoms with van der Waals surface area (Å²) < 4.78 is 10.8. The number of halogens is 1. The summed E-state index contributed by atoms with van der Waals surface area (Å²) in [5.41, 5.74) is 0. The molecule has 1 atom stereocenters. The number of benzene rings is 1. The zero-order valence-corrected chi connectivity index (χ0v) is 12.9. The van der Waals surface area contributed by atoms with Gasteiger partial charge in [0.15, 0.2) is 0 Å². The van der Waals surface area contributed by atoms with E-state index in [4.69, 9.17) is 21.1 Å². The van der Waals surface area contributed by atoms with Crippen LogP contribution >= 0.6 is 11.6 Å². The van der Waals surface area contributed by atoms with Gasteiger partial charge in [0, 0.05) is 18.2 Å². The fourth-order valence-electron chi connectivity index (χ4n) is 2.04. The summed E-state index contributed by atoms with van der Waals surface area (Å²) in [7, 11) is 0. The lowest BCUT2D eigenvalue weighted by Crippen LogP contribution is -2.43. The van der Waals surface area contributed by atoms with Gasteiger partial charge in [-0.3, -0.25) is 9.59 Å². The van der Waals surface area contributed by atoms with Crippen molar-refractivity contribution in [1.82, 2.24) is 10.6 Å². The number of hydrogen-bond acceptors (Lipinski definition) is 4. The summed E-state index contributed by atoms with van der Waals surface area (Å²) in [5, 5.41) is 5.68. The Balaban J connectivity index is 1.58. The molecule has 2 amide bonds. The van der Waals surface area contributed by atoms with E-state index in [-0.39, 0.29) is 19.3 Å². The van der Waals surface area contributed by atoms with Crippen LogP contribution in [0.15, 0.2) is 24.3 Å². The molecule has 1 saturated heterocycles. The van der Waals surface area contributed by atoms with Crippen LogP contribution < -0.4 is 15.4 Å². The van der Waals surface area contributed by atoms with Crippen molar-refractivity contribution in [3.63, 3.8) is 0 Å². The molecule has 2 N–H and O–H groups in total. The third-order valence-corrected chi connectivity index (χ3v) is 3.44. The molecule has 7 heteroatoms. The molecule has 120 valence electrons. The Labute approximate surface area is 134 Å². The number of carbonyl (C=O) groups excluding carboxylic acids is 2. The highest BCUT2D eigenvalue weighted by atomic mass is 35.5. The quantitative estimate of drug-likeness (QED) is 0.607. The van der Waals surface area contributed by atoms with Crippen LogP contribution in [0.1, 0.15) is 12.8 Å². The standard InChI is InChI=1S/C15H19ClN2O4/c16-11-3-5-12(6-4-11)22-9-7-17-14(19)15(20)18-10-13-2-1-8-21-13/h3-6,13H,1-2,7-10H2,(H,17,19)(H,18,20)/t13-/m0/s1. The second-order valence-corrected chi connectivity index (χ2v) is 5.34. The van der Waals surface area contributed by atoms with E-state index in [0.29, 0.717) is 17.3 Å². The lowest BCUT2D eigenvalue weighted by molar-refractivity contribution is -0.139. The number of carbonyl (C=O) groups is 2. The summed E-state index contributed by atoms with van der Waals surface area (Å²) in [6.07, 6.45) is 1.93. The van der Waals surface area contributed by atoms with Gasteiger partial charge in [0.25, 0.3) is 0 Å². The van der Waals surface area contributed by atoms with Crippen LogP contribution in [0, 0.1) is 0 Å². The molecule has 0 spiro atoms. The van der Waals surface area contributed by atoms with Crippen molar-refractivity contribution in [1.29, 1.82) is 0 Å². The monoisotopic (exact) mass is 326 g/mol. The number of nitrogens with one attached hydrogen (secondary N) is 2. The minimum absolute atomic E-state index is 0.0185. The number of rotatable bonds is 6. The van der Waals surface area contributed by atoms with E-state index >= 15 is 0 Å². The Hall–Kier alpha value is -1.79. The Morgan fingerprint density at radius 3 is 2.64 bits per heavy atom. The summed E-state index contributed by atoms with van der Waals surface area (Å²) in [4.78, 5) is 23.1. The minimum atomic E-state index is -0.669. The molecule has 2 rings (SSSR count). The third-order valence-electron chi connectivity index (χ3n) is 3.19. The van der Waals surface area contributed by atoms with E-state index in [2.05, 4.69) is 10.6 Å². The molecule has 1 aliphatic rings. The van der Waals surface area contributed by atoms with Crippen molar-refractivity contribution < 1.29 is 19.1 Å². The molecule has 6 nitrogen and oxygen atoms in total. The first-order chi connectivity index (χ1) is 10.6. The van der Waals surface area contributed by atoms with Gasteiger partial charge in [0.05, 0.1) is 12.6 Å². The molecule has 0 unspecified atom stereocenters. The van der Waals surface area contributed by atoms with Gasteiger partial charge in [0.2, 0.25) is 0 Å². The summed E-state index contributed by atoms with van der Waals surface area (Å²) in [5.74, 6) is -0.666. The highest BCUT2D eigenvalue weighted by molar-refractivity contribution is 6.35. The Morgan fingerprint density at radius 1 is 1.23 bits per heavy atom. The molecular formula is C15H19ClN2O4. The molecular weight excluding hydrogens is 308 g/mol. The normalized spacial score (nSPS) is 17.0. The SMILES string of the molecule is O=C(NCCOc1ccc(Cl)cc1)C(=O)NC[C@@H]1CCCO1. The van der Waals surface area contributed by atoms with Gasteiger partial charge in [-0.1, -0.05) is 11.6 Å². The van der Waals surface area contributed by atoms with Gasteiger partial charge in [0.1, 0.15) is 12.4 Å². The Morgan fingerprint density at radius 2 is 1.95 bits per heavy atom. The van der Waals surface area contributed by atoms with Crippen molar-refractivity contribution in [2.45, 2.75) is 18.9 Å². The largest absolute Gasteiger partial charge is 0.492 e. The summed E-state index contributed by atoms with van der Waals surface area (Å²) >= 11 is 5.76. The third kappa shape index (κ3) is 5.54. The van der Waals surface area contributed by atoms with Crippen LogP contribution in [0.5, 0.6) is 5.75 Å². The maximum atomic E-state index is 11.6. The average Bonchev–Trinajstić information content (AvgIpc) is 3.04. The molecule has 0 bridgehead atoms. The van der Waals surface area contributed by atoms with Crippen LogP contribution in [0.25, 0.3) is 0 Å². The first-order valence-electron chi connectivity index (χ1n) is 7.21. The zero-order chi connectivity index (χ0) is 15.8. The van der Waals surface area contributed by atoms with Crippen molar-refractivity contribution in [3.05, 3.63) is 29.3 Å². The van der Waals surface area contributed by atoms with Crippen molar-refractivity contribution in [2.75, 3.05) is 26.3 Å².